The van der Waals surface area contributed by atoms with Crippen LogP contribution in [0.1, 0.15) is 50.7 Å². The van der Waals surface area contributed by atoms with Gasteiger partial charge in [-0.25, -0.2) is 24.9 Å². The summed E-state index contributed by atoms with van der Waals surface area (Å²) < 4.78 is 4.51. The fourth-order valence-electron chi connectivity index (χ4n) is 7.90. The lowest BCUT2D eigenvalue weighted by Crippen LogP contribution is -2.01. The van der Waals surface area contributed by atoms with Crippen molar-refractivity contribution in [1.82, 2.24) is 34.1 Å². The van der Waals surface area contributed by atoms with Gasteiger partial charge in [0, 0.05) is 39.2 Å². The molecule has 0 saturated carbocycles. The number of hydrogen-bond donors (Lipinski definition) is 0. The fourth-order valence-corrected chi connectivity index (χ4v) is 7.90. The van der Waals surface area contributed by atoms with Gasteiger partial charge in [-0.3, -0.25) is 9.13 Å². The van der Waals surface area contributed by atoms with Crippen LogP contribution in [-0.2, 0) is 0 Å². The lowest BCUT2D eigenvalue weighted by molar-refractivity contribution is 0.863. The van der Waals surface area contributed by atoms with Gasteiger partial charge in [-0.2, -0.15) is 0 Å². The van der Waals surface area contributed by atoms with Gasteiger partial charge < -0.3 is 0 Å². The van der Waals surface area contributed by atoms with Gasteiger partial charge in [-0.15, -0.1) is 0 Å². The molecule has 7 nitrogen and oxygen atoms in total. The molecule has 0 amide bonds. The van der Waals surface area contributed by atoms with Crippen LogP contribution < -0.4 is 0 Å². The zero-order valence-corrected chi connectivity index (χ0v) is 34.0. The summed E-state index contributed by atoms with van der Waals surface area (Å²) in [4.78, 5) is 25.4. The van der Waals surface area contributed by atoms with E-state index in [0.717, 1.165) is 72.9 Å². The van der Waals surface area contributed by atoms with E-state index in [1.165, 1.54) is 11.1 Å². The van der Waals surface area contributed by atoms with Gasteiger partial charge >= 0.3 is 0 Å². The van der Waals surface area contributed by atoms with E-state index in [-0.39, 0.29) is 0 Å². The van der Waals surface area contributed by atoms with Crippen molar-refractivity contribution >= 4 is 22.1 Å². The third-order valence-corrected chi connectivity index (χ3v) is 11.2. The molecule has 7 heteroatoms. The number of imidazole rings is 2. The zero-order valence-electron chi connectivity index (χ0n) is 34.0. The van der Waals surface area contributed by atoms with Crippen LogP contribution >= 0.6 is 0 Å². The average Bonchev–Trinajstić information content (AvgIpc) is 3.89. The first-order chi connectivity index (χ1) is 29.4. The van der Waals surface area contributed by atoms with E-state index in [1.54, 1.807) is 0 Å². The monoisotopic (exact) mass is 777 g/mol. The molecule has 0 fully saturated rings. The minimum absolute atomic E-state index is 0.411. The topological polar surface area (TPSA) is 74.3 Å². The van der Waals surface area contributed by atoms with Crippen molar-refractivity contribution in [3.05, 3.63) is 187 Å². The molecule has 0 saturated heterocycles. The van der Waals surface area contributed by atoms with Crippen LogP contribution in [0.25, 0.3) is 90.4 Å². The highest BCUT2D eigenvalue weighted by Crippen LogP contribution is 2.34. The molecular weight excluding hydrogens is 735 g/mol. The van der Waals surface area contributed by atoms with Crippen molar-refractivity contribution in [3.63, 3.8) is 0 Å². The Morgan fingerprint density at radius 2 is 0.700 bits per heavy atom. The molecular formula is C53H43N7. The highest BCUT2D eigenvalue weighted by atomic mass is 15.1. The van der Waals surface area contributed by atoms with Gasteiger partial charge in [0.1, 0.15) is 11.6 Å². The van der Waals surface area contributed by atoms with Crippen LogP contribution in [0.2, 0.25) is 0 Å². The molecule has 0 aliphatic carbocycles. The predicted molar refractivity (Wildman–Crippen MR) is 244 cm³/mol. The number of aromatic nitrogens is 7. The molecule has 60 heavy (non-hydrogen) atoms. The predicted octanol–water partition coefficient (Wildman–Crippen LogP) is 13.1. The van der Waals surface area contributed by atoms with E-state index < -0.39 is 0 Å². The molecule has 10 rings (SSSR count). The van der Waals surface area contributed by atoms with Crippen LogP contribution in [0.5, 0.6) is 0 Å². The molecule has 0 aliphatic rings. The van der Waals surface area contributed by atoms with Gasteiger partial charge in [0.05, 0.1) is 22.1 Å². The Kier molecular flexibility index (Phi) is 9.41. The fraction of sp³-hybridized carbons (Fsp3) is 0.113. The normalized spacial score (nSPS) is 11.6. The SMILES string of the molecule is CC(C)c1cccc(-n2c(-c3ccc(-c4nc(-c5ccccc5)nc(-c5ccc(-c6nc7ccccc7n6-c6cccc(C(C)C)c6)cc5)n4)cc3)nc3ccccc32)c1. The quantitative estimate of drug-likeness (QED) is 0.146. The number of para-hydroxylation sites is 4. The average molecular weight is 778 g/mol. The summed E-state index contributed by atoms with van der Waals surface area (Å²) in [6.45, 7) is 8.90. The Morgan fingerprint density at radius 3 is 1.12 bits per heavy atom. The van der Waals surface area contributed by atoms with E-state index in [2.05, 4.69) is 170 Å². The van der Waals surface area contributed by atoms with Gasteiger partial charge in [-0.05, 0) is 71.5 Å². The summed E-state index contributed by atoms with van der Waals surface area (Å²) in [5, 5.41) is 0. The number of benzene rings is 7. The molecule has 0 aliphatic heterocycles. The van der Waals surface area contributed by atoms with Crippen LogP contribution in [-0.4, -0.2) is 34.1 Å². The van der Waals surface area contributed by atoms with Gasteiger partial charge in [0.25, 0.3) is 0 Å². The second-order valence-corrected chi connectivity index (χ2v) is 15.8. The largest absolute Gasteiger partial charge is 0.292 e. The Bertz CT molecular complexity index is 2950. The van der Waals surface area contributed by atoms with Crippen LogP contribution in [0, 0.1) is 0 Å². The van der Waals surface area contributed by atoms with Crippen molar-refractivity contribution in [1.29, 1.82) is 0 Å². The van der Waals surface area contributed by atoms with Crippen LogP contribution in [0.4, 0.5) is 0 Å². The molecule has 10 aromatic rings. The first kappa shape index (κ1) is 36.8. The smallest absolute Gasteiger partial charge is 0.164 e. The standard InChI is InChI=1S/C53H43N7/c1-34(2)41-16-12-18-43(32-41)59-47-22-10-8-20-45(47)54-52(59)39-28-24-37(25-29-39)50-56-49(36-14-6-5-7-15-36)57-51(58-50)38-26-30-40(31-27-38)53-55-46-21-9-11-23-48(46)60(53)44-19-13-17-42(33-44)35(3)4/h5-35H,1-4H3. The zero-order chi connectivity index (χ0) is 40.7. The Balaban J connectivity index is 1.04. The molecule has 0 bridgehead atoms. The van der Waals surface area contributed by atoms with Gasteiger partial charge in [0.15, 0.2) is 17.5 Å². The Hall–Kier alpha value is -7.51. The maximum atomic E-state index is 5.13. The molecule has 0 radical (unpaired) electrons. The number of rotatable bonds is 9. The summed E-state index contributed by atoms with van der Waals surface area (Å²) in [5.74, 6) is 4.39. The highest BCUT2D eigenvalue weighted by Gasteiger charge is 2.19. The molecule has 0 spiro atoms. The molecule has 3 aromatic heterocycles. The summed E-state index contributed by atoms with van der Waals surface area (Å²) in [6.07, 6.45) is 0. The van der Waals surface area contributed by atoms with Crippen molar-refractivity contribution in [3.8, 4) is 68.3 Å². The van der Waals surface area contributed by atoms with Crippen molar-refractivity contribution in [2.24, 2.45) is 0 Å². The Morgan fingerprint density at radius 1 is 0.333 bits per heavy atom. The molecule has 7 aromatic carbocycles. The summed E-state index contributed by atoms with van der Waals surface area (Å²) in [5.41, 5.74) is 13.5. The number of hydrogen-bond acceptors (Lipinski definition) is 5. The van der Waals surface area contributed by atoms with E-state index >= 15 is 0 Å². The van der Waals surface area contributed by atoms with E-state index in [9.17, 15) is 0 Å². The first-order valence-corrected chi connectivity index (χ1v) is 20.6. The maximum absolute atomic E-state index is 5.13. The third-order valence-electron chi connectivity index (χ3n) is 11.2. The van der Waals surface area contributed by atoms with Gasteiger partial charge in [0.2, 0.25) is 0 Å². The summed E-state index contributed by atoms with van der Waals surface area (Å²) in [6, 6.07) is 61.0. The first-order valence-electron chi connectivity index (χ1n) is 20.6. The third kappa shape index (κ3) is 6.84. The van der Waals surface area contributed by atoms with Gasteiger partial charge in [-0.1, -0.05) is 155 Å². The molecule has 0 N–H and O–H groups in total. The minimum atomic E-state index is 0.411. The highest BCUT2D eigenvalue weighted by molar-refractivity contribution is 5.85. The van der Waals surface area contributed by atoms with Crippen molar-refractivity contribution < 1.29 is 0 Å². The summed E-state index contributed by atoms with van der Waals surface area (Å²) >= 11 is 0. The lowest BCUT2D eigenvalue weighted by atomic mass is 10.0. The minimum Gasteiger partial charge on any atom is -0.292 e. The van der Waals surface area contributed by atoms with Crippen molar-refractivity contribution in [2.75, 3.05) is 0 Å². The molecule has 0 atom stereocenters. The molecule has 0 unspecified atom stereocenters. The maximum Gasteiger partial charge on any atom is 0.164 e. The second kappa shape index (κ2) is 15.3. The lowest BCUT2D eigenvalue weighted by Gasteiger charge is -2.13. The van der Waals surface area contributed by atoms with Crippen LogP contribution in [0.15, 0.2) is 176 Å². The second-order valence-electron chi connectivity index (χ2n) is 15.8. The summed E-state index contributed by atoms with van der Waals surface area (Å²) in [7, 11) is 0. The molecule has 290 valence electrons. The van der Waals surface area contributed by atoms with E-state index in [0.29, 0.717) is 29.3 Å². The number of nitrogens with zero attached hydrogens (tertiary/aromatic N) is 7. The van der Waals surface area contributed by atoms with E-state index in [1.807, 2.05) is 42.5 Å². The van der Waals surface area contributed by atoms with E-state index in [4.69, 9.17) is 24.9 Å². The molecule has 3 heterocycles. The number of fused-ring (bicyclic) bond motifs is 2. The Labute approximate surface area is 349 Å². The van der Waals surface area contributed by atoms with Crippen molar-refractivity contribution in [2.45, 2.75) is 39.5 Å². The van der Waals surface area contributed by atoms with Crippen LogP contribution in [0.3, 0.4) is 0 Å².